The number of alkyl halides is 2. The van der Waals surface area contributed by atoms with Crippen molar-refractivity contribution < 1.29 is 17.6 Å². The van der Waals surface area contributed by atoms with Gasteiger partial charge in [-0.05, 0) is 60.2 Å². The van der Waals surface area contributed by atoms with Crippen LogP contribution in [0.2, 0.25) is 0 Å². The first kappa shape index (κ1) is 20.9. The summed E-state index contributed by atoms with van der Waals surface area (Å²) in [4.78, 5) is 13.4. The average Bonchev–Trinajstić information content (AvgIpc) is 3.39. The van der Waals surface area contributed by atoms with Crippen molar-refractivity contribution in [2.75, 3.05) is 11.5 Å². The fourth-order valence-electron chi connectivity index (χ4n) is 4.08. The first-order valence-corrected chi connectivity index (χ1v) is 11.4. The van der Waals surface area contributed by atoms with Crippen LogP contribution in [0, 0.1) is 5.82 Å². The maximum Gasteiger partial charge on any atom is 0.329 e. The maximum absolute atomic E-state index is 14.0. The van der Waals surface area contributed by atoms with Crippen LogP contribution in [-0.2, 0) is 6.54 Å². The molecule has 0 radical (unpaired) electrons. The van der Waals surface area contributed by atoms with Crippen LogP contribution in [0.25, 0.3) is 22.5 Å². The third kappa shape index (κ3) is 3.83. The second-order valence-corrected chi connectivity index (χ2v) is 8.88. The molecule has 6 nitrogen and oxygen atoms in total. The van der Waals surface area contributed by atoms with E-state index in [-0.39, 0.29) is 24.2 Å². The van der Waals surface area contributed by atoms with Gasteiger partial charge in [-0.1, -0.05) is 12.1 Å². The van der Waals surface area contributed by atoms with Gasteiger partial charge in [0, 0.05) is 11.6 Å². The van der Waals surface area contributed by atoms with Gasteiger partial charge in [0.15, 0.2) is 0 Å². The van der Waals surface area contributed by atoms with E-state index in [0.29, 0.717) is 11.1 Å². The number of aromatic nitrogens is 4. The lowest BCUT2D eigenvalue weighted by Crippen LogP contribution is -2.29. The van der Waals surface area contributed by atoms with Gasteiger partial charge < -0.3 is 4.42 Å². The van der Waals surface area contributed by atoms with E-state index in [4.69, 9.17) is 4.42 Å². The number of benzene rings is 2. The van der Waals surface area contributed by atoms with Crippen LogP contribution in [0.1, 0.15) is 36.8 Å². The summed E-state index contributed by atoms with van der Waals surface area (Å²) < 4.78 is 47.7. The van der Waals surface area contributed by atoms with Crippen molar-refractivity contribution in [3.8, 4) is 11.5 Å². The Kier molecular flexibility index (Phi) is 5.54. The molecule has 0 atom stereocenters. The number of hydrogen-bond donors (Lipinski definition) is 0. The summed E-state index contributed by atoms with van der Waals surface area (Å²) in [5.41, 5.74) is 2.41. The molecule has 0 spiro atoms. The minimum absolute atomic E-state index is 0.00198. The molecule has 0 unspecified atom stereocenters. The quantitative estimate of drug-likeness (QED) is 0.417. The lowest BCUT2D eigenvalue weighted by molar-refractivity contribution is 0.116. The number of fused-ring (bicyclic) bond motifs is 1. The van der Waals surface area contributed by atoms with Crippen LogP contribution >= 0.6 is 11.8 Å². The molecule has 32 heavy (non-hydrogen) atoms. The third-order valence-electron chi connectivity index (χ3n) is 5.65. The summed E-state index contributed by atoms with van der Waals surface area (Å²) >= 11 is 1.88. The number of hydrogen-bond acceptors (Lipinski definition) is 5. The minimum atomic E-state index is -2.83. The smallest absolute Gasteiger partial charge is 0.329 e. The molecule has 1 aliphatic rings. The van der Waals surface area contributed by atoms with E-state index < -0.39 is 18.1 Å². The van der Waals surface area contributed by atoms with Gasteiger partial charge >= 0.3 is 12.1 Å². The van der Waals surface area contributed by atoms with Crippen molar-refractivity contribution in [2.24, 2.45) is 0 Å². The van der Waals surface area contributed by atoms with Crippen molar-refractivity contribution >= 4 is 22.8 Å². The summed E-state index contributed by atoms with van der Waals surface area (Å²) in [6.07, 6.45) is -1.02. The predicted octanol–water partition coefficient (Wildman–Crippen LogP) is 5.05. The van der Waals surface area contributed by atoms with E-state index in [1.807, 2.05) is 11.8 Å². The van der Waals surface area contributed by atoms with E-state index in [2.05, 4.69) is 10.2 Å². The maximum atomic E-state index is 14.0. The molecule has 1 aliphatic heterocycles. The molecule has 0 bridgehead atoms. The number of rotatable bonds is 5. The average molecular weight is 460 g/mol. The normalized spacial score (nSPS) is 15.1. The highest BCUT2D eigenvalue weighted by molar-refractivity contribution is 7.99. The number of imidazole rings is 1. The first-order chi connectivity index (χ1) is 15.5. The largest absolute Gasteiger partial charge is 0.415 e. The van der Waals surface area contributed by atoms with E-state index in [9.17, 15) is 18.0 Å². The van der Waals surface area contributed by atoms with Crippen molar-refractivity contribution in [1.29, 1.82) is 0 Å². The zero-order valence-corrected chi connectivity index (χ0v) is 17.7. The molecule has 1 saturated heterocycles. The van der Waals surface area contributed by atoms with Gasteiger partial charge in [-0.2, -0.15) is 20.5 Å². The van der Waals surface area contributed by atoms with Gasteiger partial charge in [0.25, 0.3) is 5.89 Å². The zero-order valence-electron chi connectivity index (χ0n) is 16.9. The molecule has 0 aliphatic carbocycles. The number of nitrogens with zero attached hydrogens (tertiary/aromatic N) is 4. The van der Waals surface area contributed by atoms with Gasteiger partial charge in [-0.15, -0.1) is 10.2 Å². The molecule has 0 N–H and O–H groups in total. The molecule has 5 rings (SSSR count). The number of thioether (sulfide) groups is 1. The molecule has 2 aromatic carbocycles. The molecular formula is C22H19F3N4O2S. The molecule has 3 heterocycles. The van der Waals surface area contributed by atoms with Crippen molar-refractivity contribution in [3.05, 3.63) is 70.2 Å². The predicted molar refractivity (Wildman–Crippen MR) is 116 cm³/mol. The van der Waals surface area contributed by atoms with E-state index in [1.54, 1.807) is 39.5 Å². The zero-order chi connectivity index (χ0) is 22.2. The Morgan fingerprint density at radius 1 is 1.06 bits per heavy atom. The minimum Gasteiger partial charge on any atom is -0.415 e. The highest BCUT2D eigenvalue weighted by Gasteiger charge is 2.23. The number of halogens is 3. The standard InChI is InChI=1S/C22H19F3N4O2S/c23-15-5-6-17-18(11-15)28(22(30)29(17)16-7-9-32-10-8-16)12-13-1-3-14(4-2-13)20-26-27-21(31-20)19(24)25/h1-6,11,16,19H,7-10,12H2. The van der Waals surface area contributed by atoms with Crippen LogP contribution in [0.3, 0.4) is 0 Å². The highest BCUT2D eigenvalue weighted by atomic mass is 32.2. The summed E-state index contributed by atoms with van der Waals surface area (Å²) in [5.74, 6) is 0.860. The molecule has 1 fully saturated rings. The van der Waals surface area contributed by atoms with Crippen LogP contribution in [0.4, 0.5) is 13.2 Å². The Morgan fingerprint density at radius 3 is 2.50 bits per heavy atom. The van der Waals surface area contributed by atoms with Gasteiger partial charge in [-0.3, -0.25) is 9.13 Å². The summed E-state index contributed by atoms with van der Waals surface area (Å²) in [5, 5.41) is 6.97. The molecule has 166 valence electrons. The van der Waals surface area contributed by atoms with Crippen LogP contribution in [-0.4, -0.2) is 30.8 Å². The monoisotopic (exact) mass is 460 g/mol. The molecule has 0 amide bonds. The second kappa shape index (κ2) is 8.50. The van der Waals surface area contributed by atoms with Crippen molar-refractivity contribution in [3.63, 3.8) is 0 Å². The Hall–Kier alpha value is -3.01. The summed E-state index contributed by atoms with van der Waals surface area (Å²) in [6.45, 7) is 0.250. The van der Waals surface area contributed by atoms with Gasteiger partial charge in [0.2, 0.25) is 5.89 Å². The lowest BCUT2D eigenvalue weighted by atomic mass is 10.1. The molecule has 0 saturated carbocycles. The molecule has 2 aromatic heterocycles. The van der Waals surface area contributed by atoms with Crippen molar-refractivity contribution in [2.45, 2.75) is 31.9 Å². The van der Waals surface area contributed by atoms with E-state index in [1.165, 1.54) is 12.1 Å². The fraction of sp³-hybridized carbons (Fsp3) is 0.318. The Morgan fingerprint density at radius 2 is 1.81 bits per heavy atom. The third-order valence-corrected chi connectivity index (χ3v) is 6.70. The van der Waals surface area contributed by atoms with Crippen LogP contribution < -0.4 is 5.69 Å². The van der Waals surface area contributed by atoms with Gasteiger partial charge in [-0.25, -0.2) is 9.18 Å². The van der Waals surface area contributed by atoms with Gasteiger partial charge in [0.1, 0.15) is 5.82 Å². The molecule has 10 heteroatoms. The van der Waals surface area contributed by atoms with Gasteiger partial charge in [0.05, 0.1) is 17.6 Å². The SMILES string of the molecule is O=c1n(Cc2ccc(-c3nnc(C(F)F)o3)cc2)c2cc(F)ccc2n1C1CCSCC1. The Bertz CT molecular complexity index is 1310. The fourth-order valence-corrected chi connectivity index (χ4v) is 5.16. The Balaban J connectivity index is 1.49. The summed E-state index contributed by atoms with van der Waals surface area (Å²) in [7, 11) is 0. The van der Waals surface area contributed by atoms with E-state index >= 15 is 0 Å². The second-order valence-electron chi connectivity index (χ2n) is 7.66. The van der Waals surface area contributed by atoms with Crippen LogP contribution in [0.15, 0.2) is 51.7 Å². The molecular weight excluding hydrogens is 441 g/mol. The molecule has 4 aromatic rings. The first-order valence-electron chi connectivity index (χ1n) is 10.2. The topological polar surface area (TPSA) is 65.8 Å². The van der Waals surface area contributed by atoms with E-state index in [0.717, 1.165) is 35.4 Å². The van der Waals surface area contributed by atoms with Crippen LogP contribution in [0.5, 0.6) is 0 Å². The highest BCUT2D eigenvalue weighted by Crippen LogP contribution is 2.30. The Labute approximate surface area is 185 Å². The lowest BCUT2D eigenvalue weighted by Gasteiger charge is -2.22. The van der Waals surface area contributed by atoms with Crippen molar-refractivity contribution in [1.82, 2.24) is 19.3 Å². The summed E-state index contributed by atoms with van der Waals surface area (Å²) in [6, 6.07) is 11.4.